The van der Waals surface area contributed by atoms with Crippen molar-refractivity contribution in [3.8, 4) is 17.1 Å². The second kappa shape index (κ2) is 5.50. The van der Waals surface area contributed by atoms with Crippen molar-refractivity contribution in [3.05, 3.63) is 51.7 Å². The van der Waals surface area contributed by atoms with Gasteiger partial charge >= 0.3 is 0 Å². The number of fused-ring (bicyclic) bond motifs is 1. The maximum absolute atomic E-state index is 5.41. The number of benzene rings is 2. The van der Waals surface area contributed by atoms with Crippen LogP contribution in [0, 0.1) is 0 Å². The largest absolute Gasteiger partial charge is 0.496 e. The van der Waals surface area contributed by atoms with Crippen LogP contribution in [0.3, 0.4) is 0 Å². The summed E-state index contributed by atoms with van der Waals surface area (Å²) in [6.45, 7) is 0. The third-order valence-corrected chi connectivity index (χ3v) is 3.82. The predicted octanol–water partition coefficient (Wildman–Crippen LogP) is 4.83. The fourth-order valence-electron chi connectivity index (χ4n) is 2.16. The van der Waals surface area contributed by atoms with Gasteiger partial charge in [-0.05, 0) is 49.4 Å². The lowest BCUT2D eigenvalue weighted by Crippen LogP contribution is -1.93. The van der Waals surface area contributed by atoms with Gasteiger partial charge in [-0.25, -0.2) is 9.97 Å². The molecule has 0 amide bonds. The van der Waals surface area contributed by atoms with Crippen LogP contribution in [0.4, 0.5) is 0 Å². The third-order valence-electron chi connectivity index (χ3n) is 3.01. The first-order valence-electron chi connectivity index (χ1n) is 5.95. The van der Waals surface area contributed by atoms with Crippen molar-refractivity contribution in [2.24, 2.45) is 0 Å². The van der Waals surface area contributed by atoms with Gasteiger partial charge in [0, 0.05) is 17.0 Å². The predicted molar refractivity (Wildman–Crippen MR) is 86.9 cm³/mol. The van der Waals surface area contributed by atoms with Gasteiger partial charge in [0.2, 0.25) is 0 Å². The highest BCUT2D eigenvalue weighted by Crippen LogP contribution is 2.33. The Bertz CT molecular complexity index is 770. The molecule has 0 N–H and O–H groups in total. The zero-order valence-electron chi connectivity index (χ0n) is 10.6. The van der Waals surface area contributed by atoms with Gasteiger partial charge in [-0.3, -0.25) is 0 Å². The third kappa shape index (κ3) is 2.43. The van der Waals surface area contributed by atoms with Crippen molar-refractivity contribution in [2.45, 2.75) is 0 Å². The lowest BCUT2D eigenvalue weighted by molar-refractivity contribution is 0.420. The van der Waals surface area contributed by atoms with E-state index < -0.39 is 0 Å². The van der Waals surface area contributed by atoms with Crippen LogP contribution in [0.25, 0.3) is 22.2 Å². The van der Waals surface area contributed by atoms with Crippen molar-refractivity contribution < 1.29 is 4.74 Å². The zero-order valence-corrected chi connectivity index (χ0v) is 13.8. The van der Waals surface area contributed by atoms with Crippen molar-refractivity contribution in [1.82, 2.24) is 9.97 Å². The molecule has 20 heavy (non-hydrogen) atoms. The molecule has 3 aromatic rings. The average molecular weight is 394 g/mol. The number of rotatable bonds is 2. The van der Waals surface area contributed by atoms with Gasteiger partial charge in [0.25, 0.3) is 0 Å². The minimum absolute atomic E-state index is 0.671. The molecule has 0 saturated heterocycles. The molecule has 0 radical (unpaired) electrons. The molecule has 0 saturated carbocycles. The summed E-state index contributed by atoms with van der Waals surface area (Å²) in [5.74, 6) is 1.52. The summed E-state index contributed by atoms with van der Waals surface area (Å²) in [5, 5.41) is 2.11. The Morgan fingerprint density at radius 2 is 1.55 bits per heavy atom. The number of methoxy groups -OCH3 is 1. The van der Waals surface area contributed by atoms with Crippen LogP contribution >= 0.6 is 31.9 Å². The van der Waals surface area contributed by atoms with Gasteiger partial charge in [-0.15, -0.1) is 0 Å². The molecule has 0 aliphatic heterocycles. The van der Waals surface area contributed by atoms with Gasteiger partial charge in [0.1, 0.15) is 15.0 Å². The normalized spacial score (nSPS) is 10.8. The van der Waals surface area contributed by atoms with Gasteiger partial charge < -0.3 is 4.74 Å². The Morgan fingerprint density at radius 3 is 2.20 bits per heavy atom. The molecule has 0 spiro atoms. The topological polar surface area (TPSA) is 35.0 Å². The highest BCUT2D eigenvalue weighted by atomic mass is 79.9. The van der Waals surface area contributed by atoms with E-state index in [9.17, 15) is 0 Å². The average Bonchev–Trinajstić information content (AvgIpc) is 2.45. The number of hydrogen-bond acceptors (Lipinski definition) is 3. The quantitative estimate of drug-likeness (QED) is 0.585. The van der Waals surface area contributed by atoms with Crippen molar-refractivity contribution in [1.29, 1.82) is 0 Å². The van der Waals surface area contributed by atoms with E-state index in [1.807, 2.05) is 42.5 Å². The second-order valence-electron chi connectivity index (χ2n) is 4.20. The molecule has 0 fully saturated rings. The molecule has 3 nitrogen and oxygen atoms in total. The van der Waals surface area contributed by atoms with Crippen LogP contribution in [0.15, 0.2) is 51.7 Å². The van der Waals surface area contributed by atoms with E-state index in [-0.39, 0.29) is 0 Å². The molecular formula is C15H10Br2N2O. The highest BCUT2D eigenvalue weighted by molar-refractivity contribution is 9.11. The molecule has 1 aromatic heterocycles. The summed E-state index contributed by atoms with van der Waals surface area (Å²) in [6, 6.07) is 13.8. The Balaban J connectivity index is 2.31. The lowest BCUT2D eigenvalue weighted by Gasteiger charge is -2.10. The summed E-state index contributed by atoms with van der Waals surface area (Å²) in [4.78, 5) is 8.89. The van der Waals surface area contributed by atoms with Gasteiger partial charge in [0.15, 0.2) is 5.82 Å². The summed E-state index contributed by atoms with van der Waals surface area (Å²) in [7, 11) is 1.67. The molecular weight excluding hydrogens is 384 g/mol. The zero-order chi connectivity index (χ0) is 14.1. The van der Waals surface area contributed by atoms with Crippen LogP contribution in [-0.2, 0) is 0 Å². The Kier molecular flexibility index (Phi) is 3.72. The molecule has 1 heterocycles. The molecule has 3 rings (SSSR count). The van der Waals surface area contributed by atoms with Gasteiger partial charge in [0.05, 0.1) is 7.11 Å². The molecule has 100 valence electrons. The first-order chi connectivity index (χ1) is 9.69. The maximum Gasteiger partial charge on any atom is 0.162 e. The van der Waals surface area contributed by atoms with Crippen LogP contribution in [0.5, 0.6) is 5.75 Å². The Hall–Kier alpha value is -1.46. The number of aromatic nitrogens is 2. The van der Waals surface area contributed by atoms with Crippen molar-refractivity contribution >= 4 is 42.6 Å². The fourth-order valence-corrected chi connectivity index (χ4v) is 3.23. The van der Waals surface area contributed by atoms with Gasteiger partial charge in [-0.2, -0.15) is 0 Å². The second-order valence-corrected chi connectivity index (χ2v) is 5.82. The van der Waals surface area contributed by atoms with Crippen LogP contribution in [-0.4, -0.2) is 17.1 Å². The number of nitrogens with zero attached hydrogens (tertiary/aromatic N) is 2. The number of halogens is 2. The standard InChI is InChI=1S/C15H10Br2N2O/c1-20-12-7-6-11(9-4-2-3-5-10(9)12)15-18-13(16)8-14(17)19-15/h2-8H,1H3. The fraction of sp³-hybridized carbons (Fsp3) is 0.0667. The Labute approximate surface area is 133 Å². The molecule has 0 atom stereocenters. The molecule has 0 bridgehead atoms. The van der Waals surface area contributed by atoms with E-state index in [0.29, 0.717) is 5.82 Å². The van der Waals surface area contributed by atoms with E-state index in [0.717, 1.165) is 31.3 Å². The molecule has 0 aliphatic rings. The SMILES string of the molecule is COc1ccc(-c2nc(Br)cc(Br)n2)c2ccccc12. The first-order valence-corrected chi connectivity index (χ1v) is 7.54. The van der Waals surface area contributed by atoms with E-state index in [1.165, 1.54) is 0 Å². The van der Waals surface area contributed by atoms with Gasteiger partial charge in [-0.1, -0.05) is 24.3 Å². The van der Waals surface area contributed by atoms with Crippen LogP contribution in [0.2, 0.25) is 0 Å². The van der Waals surface area contributed by atoms with E-state index in [2.05, 4.69) is 41.8 Å². The summed E-state index contributed by atoms with van der Waals surface area (Å²) < 4.78 is 6.90. The molecule has 5 heteroatoms. The smallest absolute Gasteiger partial charge is 0.162 e. The van der Waals surface area contributed by atoms with E-state index in [4.69, 9.17) is 4.74 Å². The highest BCUT2D eigenvalue weighted by Gasteiger charge is 2.11. The van der Waals surface area contributed by atoms with E-state index in [1.54, 1.807) is 7.11 Å². The van der Waals surface area contributed by atoms with Crippen LogP contribution in [0.1, 0.15) is 0 Å². The van der Waals surface area contributed by atoms with Crippen molar-refractivity contribution in [3.63, 3.8) is 0 Å². The van der Waals surface area contributed by atoms with E-state index >= 15 is 0 Å². The Morgan fingerprint density at radius 1 is 0.900 bits per heavy atom. The lowest BCUT2D eigenvalue weighted by atomic mass is 10.0. The monoisotopic (exact) mass is 392 g/mol. The molecule has 2 aromatic carbocycles. The molecule has 0 unspecified atom stereocenters. The summed E-state index contributed by atoms with van der Waals surface area (Å²) in [5.41, 5.74) is 0.975. The summed E-state index contributed by atoms with van der Waals surface area (Å²) in [6.07, 6.45) is 0. The maximum atomic E-state index is 5.41. The van der Waals surface area contributed by atoms with Crippen molar-refractivity contribution in [2.75, 3.05) is 7.11 Å². The van der Waals surface area contributed by atoms with Crippen LogP contribution < -0.4 is 4.74 Å². The summed E-state index contributed by atoms with van der Waals surface area (Å²) >= 11 is 6.79. The first kappa shape index (κ1) is 13.5. The molecule has 0 aliphatic carbocycles. The minimum Gasteiger partial charge on any atom is -0.496 e. The minimum atomic E-state index is 0.671. The number of ether oxygens (including phenoxy) is 1. The number of hydrogen-bond donors (Lipinski definition) is 0.